The van der Waals surface area contributed by atoms with Crippen molar-refractivity contribution in [3.05, 3.63) is 48.0 Å². The molecule has 124 valence electrons. The van der Waals surface area contributed by atoms with Gasteiger partial charge in [-0.3, -0.25) is 9.59 Å². The Morgan fingerprint density at radius 1 is 1.04 bits per heavy atom. The second kappa shape index (κ2) is 7.40. The van der Waals surface area contributed by atoms with E-state index in [1.807, 2.05) is 18.2 Å². The Hall–Kier alpha value is -2.47. The van der Waals surface area contributed by atoms with Gasteiger partial charge in [0, 0.05) is 16.1 Å². The average Bonchev–Trinajstić information content (AvgIpc) is 2.60. The first-order valence-electron chi connectivity index (χ1n) is 7.55. The van der Waals surface area contributed by atoms with E-state index in [2.05, 4.69) is 5.32 Å². The maximum absolute atomic E-state index is 12.0. The number of carbonyl (C=O) groups excluding carboxylic acids is 2. The van der Waals surface area contributed by atoms with Crippen LogP contribution >= 0.6 is 11.8 Å². The summed E-state index contributed by atoms with van der Waals surface area (Å²) in [5.41, 5.74) is 1.30. The Kier molecular flexibility index (Phi) is 5.05. The first-order valence-corrected chi connectivity index (χ1v) is 8.54. The largest absolute Gasteiger partial charge is 0.486 e. The first kappa shape index (κ1) is 16.4. The van der Waals surface area contributed by atoms with Crippen molar-refractivity contribution in [3.63, 3.8) is 0 Å². The highest BCUT2D eigenvalue weighted by Gasteiger charge is 2.12. The van der Waals surface area contributed by atoms with Gasteiger partial charge in [0.15, 0.2) is 17.3 Å². The van der Waals surface area contributed by atoms with Crippen molar-refractivity contribution >= 4 is 29.1 Å². The number of Topliss-reactive ketones (excluding diaryl/α,β-unsaturated/α-hetero) is 1. The van der Waals surface area contributed by atoms with Crippen LogP contribution in [0.25, 0.3) is 0 Å². The van der Waals surface area contributed by atoms with Crippen molar-refractivity contribution in [3.8, 4) is 11.5 Å². The molecule has 24 heavy (non-hydrogen) atoms. The number of thioether (sulfide) groups is 1. The highest BCUT2D eigenvalue weighted by molar-refractivity contribution is 8.00. The third-order valence-electron chi connectivity index (χ3n) is 3.46. The Balaban J connectivity index is 1.54. The lowest BCUT2D eigenvalue weighted by Crippen LogP contribution is -2.15. The van der Waals surface area contributed by atoms with E-state index in [0.717, 1.165) is 10.6 Å². The Morgan fingerprint density at radius 3 is 2.46 bits per heavy atom. The van der Waals surface area contributed by atoms with Gasteiger partial charge in [0.25, 0.3) is 0 Å². The van der Waals surface area contributed by atoms with Gasteiger partial charge in [0.2, 0.25) is 5.91 Å². The van der Waals surface area contributed by atoms with Crippen LogP contribution in [0, 0.1) is 0 Å². The molecule has 1 amide bonds. The second-order valence-electron chi connectivity index (χ2n) is 5.28. The maximum Gasteiger partial charge on any atom is 0.234 e. The minimum Gasteiger partial charge on any atom is -0.486 e. The Bertz CT molecular complexity index is 758. The fourth-order valence-electron chi connectivity index (χ4n) is 2.25. The zero-order valence-corrected chi connectivity index (χ0v) is 14.0. The molecule has 0 unspecified atom stereocenters. The van der Waals surface area contributed by atoms with Crippen molar-refractivity contribution in [1.29, 1.82) is 0 Å². The zero-order chi connectivity index (χ0) is 16.9. The number of amides is 1. The SMILES string of the molecule is CC(=O)c1ccc(NC(=O)CSc2ccc3c(c2)OCCO3)cc1. The molecular formula is C18H17NO4S. The lowest BCUT2D eigenvalue weighted by Gasteiger charge is -2.18. The van der Waals surface area contributed by atoms with Crippen molar-refractivity contribution < 1.29 is 19.1 Å². The first-order chi connectivity index (χ1) is 11.6. The van der Waals surface area contributed by atoms with Crippen molar-refractivity contribution in [2.45, 2.75) is 11.8 Å². The minimum absolute atomic E-state index is 0.00189. The van der Waals surface area contributed by atoms with Crippen LogP contribution in [0.5, 0.6) is 11.5 Å². The molecule has 1 heterocycles. The number of rotatable bonds is 5. The smallest absolute Gasteiger partial charge is 0.234 e. The van der Waals surface area contributed by atoms with E-state index in [1.54, 1.807) is 24.3 Å². The third-order valence-corrected chi connectivity index (χ3v) is 4.45. The number of carbonyl (C=O) groups is 2. The summed E-state index contributed by atoms with van der Waals surface area (Å²) in [5.74, 6) is 1.63. The normalized spacial score (nSPS) is 12.5. The molecule has 1 aliphatic heterocycles. The second-order valence-corrected chi connectivity index (χ2v) is 6.32. The summed E-state index contributed by atoms with van der Waals surface area (Å²) < 4.78 is 11.0. The van der Waals surface area contributed by atoms with Crippen molar-refractivity contribution in [2.24, 2.45) is 0 Å². The number of ketones is 1. The van der Waals surface area contributed by atoms with Crippen molar-refractivity contribution in [1.82, 2.24) is 0 Å². The van der Waals surface area contributed by atoms with Gasteiger partial charge in [-0.25, -0.2) is 0 Å². The fourth-order valence-corrected chi connectivity index (χ4v) is 2.97. The highest BCUT2D eigenvalue weighted by atomic mass is 32.2. The van der Waals surface area contributed by atoms with Gasteiger partial charge in [-0.15, -0.1) is 11.8 Å². The summed E-state index contributed by atoms with van der Waals surface area (Å²) >= 11 is 1.43. The summed E-state index contributed by atoms with van der Waals surface area (Å²) in [6.07, 6.45) is 0. The van der Waals surface area contributed by atoms with E-state index in [1.165, 1.54) is 18.7 Å². The van der Waals surface area contributed by atoms with E-state index in [4.69, 9.17) is 9.47 Å². The van der Waals surface area contributed by atoms with Gasteiger partial charge in [0.05, 0.1) is 5.75 Å². The molecule has 0 aliphatic carbocycles. The van der Waals surface area contributed by atoms with Crippen LogP contribution < -0.4 is 14.8 Å². The van der Waals surface area contributed by atoms with Gasteiger partial charge < -0.3 is 14.8 Å². The minimum atomic E-state index is -0.106. The molecule has 3 rings (SSSR count). The quantitative estimate of drug-likeness (QED) is 0.666. The van der Waals surface area contributed by atoms with Crippen LogP contribution in [-0.2, 0) is 4.79 Å². The van der Waals surface area contributed by atoms with Crippen molar-refractivity contribution in [2.75, 3.05) is 24.3 Å². The van der Waals surface area contributed by atoms with E-state index < -0.39 is 0 Å². The molecule has 0 aromatic heterocycles. The number of fused-ring (bicyclic) bond motifs is 1. The molecule has 1 aliphatic rings. The van der Waals surface area contributed by atoms with Crippen LogP contribution in [0.3, 0.4) is 0 Å². The zero-order valence-electron chi connectivity index (χ0n) is 13.2. The number of ether oxygens (including phenoxy) is 2. The summed E-state index contributed by atoms with van der Waals surface area (Å²) in [6, 6.07) is 12.5. The molecule has 0 bridgehead atoms. The Morgan fingerprint density at radius 2 is 1.75 bits per heavy atom. The predicted molar refractivity (Wildman–Crippen MR) is 93.2 cm³/mol. The number of anilines is 1. The molecule has 0 spiro atoms. The van der Waals surface area contributed by atoms with Gasteiger partial charge in [-0.2, -0.15) is 0 Å². The van der Waals surface area contributed by atoms with Gasteiger partial charge >= 0.3 is 0 Å². The molecule has 0 saturated heterocycles. The van der Waals surface area contributed by atoms with Crippen LogP contribution in [0.2, 0.25) is 0 Å². The van der Waals surface area contributed by atoms with E-state index in [-0.39, 0.29) is 17.4 Å². The fraction of sp³-hybridized carbons (Fsp3) is 0.222. The molecule has 2 aromatic rings. The number of benzene rings is 2. The van der Waals surface area contributed by atoms with Gasteiger partial charge in [-0.05, 0) is 49.4 Å². The average molecular weight is 343 g/mol. The monoisotopic (exact) mass is 343 g/mol. The van der Waals surface area contributed by atoms with Crippen LogP contribution in [0.15, 0.2) is 47.4 Å². The van der Waals surface area contributed by atoms with Crippen LogP contribution in [-0.4, -0.2) is 30.7 Å². The van der Waals surface area contributed by atoms with Gasteiger partial charge in [0.1, 0.15) is 13.2 Å². The van der Waals surface area contributed by atoms with Gasteiger partial charge in [-0.1, -0.05) is 0 Å². The predicted octanol–water partition coefficient (Wildman–Crippen LogP) is 3.39. The third kappa shape index (κ3) is 4.08. The number of hydrogen-bond acceptors (Lipinski definition) is 5. The molecule has 0 radical (unpaired) electrons. The van der Waals surface area contributed by atoms with Crippen LogP contribution in [0.4, 0.5) is 5.69 Å². The van der Waals surface area contributed by atoms with Crippen LogP contribution in [0.1, 0.15) is 17.3 Å². The molecule has 2 aromatic carbocycles. The van der Waals surface area contributed by atoms with E-state index in [0.29, 0.717) is 30.2 Å². The lowest BCUT2D eigenvalue weighted by atomic mass is 10.1. The highest BCUT2D eigenvalue weighted by Crippen LogP contribution is 2.34. The lowest BCUT2D eigenvalue weighted by molar-refractivity contribution is -0.113. The molecule has 0 fully saturated rings. The molecule has 1 N–H and O–H groups in total. The van der Waals surface area contributed by atoms with E-state index in [9.17, 15) is 9.59 Å². The molecule has 0 saturated carbocycles. The standard InChI is InChI=1S/C18H17NO4S/c1-12(20)13-2-4-14(5-3-13)19-18(21)11-24-15-6-7-16-17(10-15)23-9-8-22-16/h2-7,10H,8-9,11H2,1H3,(H,19,21). The summed E-state index contributed by atoms with van der Waals surface area (Å²) in [6.45, 7) is 2.61. The Labute approximate surface area is 144 Å². The topological polar surface area (TPSA) is 64.6 Å². The number of nitrogens with one attached hydrogen (secondary N) is 1. The summed E-state index contributed by atoms with van der Waals surface area (Å²) in [4.78, 5) is 24.2. The molecule has 6 heteroatoms. The summed E-state index contributed by atoms with van der Waals surface area (Å²) in [7, 11) is 0. The molecule has 5 nitrogen and oxygen atoms in total. The summed E-state index contributed by atoms with van der Waals surface area (Å²) in [5, 5.41) is 2.81. The van der Waals surface area contributed by atoms with E-state index >= 15 is 0 Å². The maximum atomic E-state index is 12.0. The molecule has 0 atom stereocenters. The molecular weight excluding hydrogens is 326 g/mol. The number of hydrogen-bond donors (Lipinski definition) is 1.